The molecular formula is C10H13N5O2S. The number of sulfone groups is 1. The fraction of sp³-hybridized carbons (Fsp3) is 0.500. The predicted molar refractivity (Wildman–Crippen MR) is 65.6 cm³/mol. The Morgan fingerprint density at radius 3 is 3.11 bits per heavy atom. The summed E-state index contributed by atoms with van der Waals surface area (Å²) in [6.45, 7) is 0.510. The summed E-state index contributed by atoms with van der Waals surface area (Å²) in [6.07, 6.45) is 3.78. The summed E-state index contributed by atoms with van der Waals surface area (Å²) in [5.41, 5.74) is 1.41. The summed E-state index contributed by atoms with van der Waals surface area (Å²) in [4.78, 5) is 15.3. The highest BCUT2D eigenvalue weighted by molar-refractivity contribution is 7.91. The summed E-state index contributed by atoms with van der Waals surface area (Å²) in [6, 6.07) is 0.0225. The van der Waals surface area contributed by atoms with E-state index in [1.165, 1.54) is 6.33 Å². The average molecular weight is 267 g/mol. The van der Waals surface area contributed by atoms with Crippen molar-refractivity contribution in [3.8, 4) is 0 Å². The molecule has 2 N–H and O–H groups in total. The molecule has 1 saturated heterocycles. The lowest BCUT2D eigenvalue weighted by Crippen LogP contribution is -2.29. The first-order chi connectivity index (χ1) is 8.62. The zero-order chi connectivity index (χ0) is 12.6. The summed E-state index contributed by atoms with van der Waals surface area (Å²) >= 11 is 0. The number of rotatable bonds is 3. The van der Waals surface area contributed by atoms with Crippen LogP contribution < -0.4 is 5.32 Å². The van der Waals surface area contributed by atoms with Crippen LogP contribution in [-0.2, 0) is 16.4 Å². The standard InChI is InChI=1S/C10H13N5O2S/c16-18(17)2-1-7(5-18)12-4-9-14-8-3-11-6-13-10(8)15-9/h3,6-7,12H,1-2,4-5H2,(H,11,13,14,15). The van der Waals surface area contributed by atoms with Crippen LogP contribution in [0.15, 0.2) is 12.5 Å². The van der Waals surface area contributed by atoms with Crippen molar-refractivity contribution in [2.45, 2.75) is 19.0 Å². The second-order valence-corrected chi connectivity index (χ2v) is 6.65. The molecule has 96 valence electrons. The second-order valence-electron chi connectivity index (χ2n) is 4.42. The number of aromatic amines is 1. The molecule has 1 aliphatic heterocycles. The number of H-pyrrole nitrogens is 1. The highest BCUT2D eigenvalue weighted by atomic mass is 32.2. The van der Waals surface area contributed by atoms with Gasteiger partial charge in [0.2, 0.25) is 0 Å². The minimum Gasteiger partial charge on any atom is -0.338 e. The monoisotopic (exact) mass is 267 g/mol. The summed E-state index contributed by atoms with van der Waals surface area (Å²) < 4.78 is 22.6. The average Bonchev–Trinajstić information content (AvgIpc) is 2.89. The quantitative estimate of drug-likeness (QED) is 0.787. The first-order valence-electron chi connectivity index (χ1n) is 5.71. The molecule has 0 radical (unpaired) electrons. The van der Waals surface area contributed by atoms with E-state index in [9.17, 15) is 8.42 Å². The van der Waals surface area contributed by atoms with Gasteiger partial charge < -0.3 is 10.3 Å². The van der Waals surface area contributed by atoms with Gasteiger partial charge in [-0.25, -0.2) is 23.4 Å². The number of aromatic nitrogens is 4. The molecule has 2 aromatic rings. The van der Waals surface area contributed by atoms with Crippen LogP contribution in [-0.4, -0.2) is 45.9 Å². The van der Waals surface area contributed by atoms with Crippen LogP contribution in [0.5, 0.6) is 0 Å². The number of hydrogen-bond donors (Lipinski definition) is 2. The van der Waals surface area contributed by atoms with Crippen molar-refractivity contribution >= 4 is 21.0 Å². The molecular weight excluding hydrogens is 254 g/mol. The van der Waals surface area contributed by atoms with Crippen molar-refractivity contribution < 1.29 is 8.42 Å². The Kier molecular flexibility index (Phi) is 2.75. The van der Waals surface area contributed by atoms with E-state index in [1.807, 2.05) is 0 Å². The Balaban J connectivity index is 1.67. The molecule has 1 aliphatic rings. The Bertz CT molecular complexity index is 633. The van der Waals surface area contributed by atoms with Gasteiger partial charge in [-0.2, -0.15) is 0 Å². The second kappa shape index (κ2) is 4.29. The third-order valence-corrected chi connectivity index (χ3v) is 4.77. The fourth-order valence-electron chi connectivity index (χ4n) is 2.09. The zero-order valence-electron chi connectivity index (χ0n) is 9.63. The number of fused-ring (bicyclic) bond motifs is 1. The van der Waals surface area contributed by atoms with Gasteiger partial charge in [0, 0.05) is 6.04 Å². The molecule has 18 heavy (non-hydrogen) atoms. The van der Waals surface area contributed by atoms with Crippen LogP contribution in [0.4, 0.5) is 0 Å². The molecule has 0 spiro atoms. The maximum atomic E-state index is 11.3. The lowest BCUT2D eigenvalue weighted by Gasteiger charge is -2.08. The first-order valence-corrected chi connectivity index (χ1v) is 7.53. The van der Waals surface area contributed by atoms with Crippen molar-refractivity contribution in [3.05, 3.63) is 18.3 Å². The Morgan fingerprint density at radius 1 is 1.50 bits per heavy atom. The minimum atomic E-state index is -2.84. The highest BCUT2D eigenvalue weighted by Gasteiger charge is 2.27. The topological polar surface area (TPSA) is 101 Å². The van der Waals surface area contributed by atoms with E-state index in [2.05, 4.69) is 25.3 Å². The lowest BCUT2D eigenvalue weighted by molar-refractivity contribution is 0.544. The number of hydrogen-bond acceptors (Lipinski definition) is 6. The maximum absolute atomic E-state index is 11.3. The van der Waals surface area contributed by atoms with Gasteiger partial charge in [0.15, 0.2) is 15.5 Å². The Morgan fingerprint density at radius 2 is 2.39 bits per heavy atom. The van der Waals surface area contributed by atoms with Crippen LogP contribution in [0.25, 0.3) is 11.2 Å². The molecule has 7 nitrogen and oxygen atoms in total. The molecule has 1 unspecified atom stereocenters. The highest BCUT2D eigenvalue weighted by Crippen LogP contribution is 2.12. The van der Waals surface area contributed by atoms with Gasteiger partial charge in [0.1, 0.15) is 17.7 Å². The van der Waals surface area contributed by atoms with Gasteiger partial charge in [-0.1, -0.05) is 0 Å². The van der Waals surface area contributed by atoms with Crippen LogP contribution in [0.1, 0.15) is 12.2 Å². The molecule has 0 bridgehead atoms. The molecule has 3 rings (SSSR count). The molecule has 1 atom stereocenters. The fourth-order valence-corrected chi connectivity index (χ4v) is 3.80. The molecule has 0 aromatic carbocycles. The third-order valence-electron chi connectivity index (χ3n) is 3.00. The van der Waals surface area contributed by atoms with Crippen LogP contribution in [0.2, 0.25) is 0 Å². The molecule has 0 amide bonds. The van der Waals surface area contributed by atoms with Crippen molar-refractivity contribution in [3.63, 3.8) is 0 Å². The zero-order valence-corrected chi connectivity index (χ0v) is 10.4. The van der Waals surface area contributed by atoms with E-state index in [4.69, 9.17) is 0 Å². The van der Waals surface area contributed by atoms with E-state index in [-0.39, 0.29) is 17.5 Å². The third kappa shape index (κ3) is 2.34. The van der Waals surface area contributed by atoms with Crippen LogP contribution in [0, 0.1) is 0 Å². The van der Waals surface area contributed by atoms with Gasteiger partial charge in [-0.3, -0.25) is 0 Å². The van der Waals surface area contributed by atoms with Crippen molar-refractivity contribution in [2.75, 3.05) is 11.5 Å². The lowest BCUT2D eigenvalue weighted by atomic mass is 10.2. The maximum Gasteiger partial charge on any atom is 0.180 e. The van der Waals surface area contributed by atoms with Crippen molar-refractivity contribution in [1.82, 2.24) is 25.3 Å². The Hall–Kier alpha value is -1.54. The van der Waals surface area contributed by atoms with Crippen molar-refractivity contribution in [1.29, 1.82) is 0 Å². The number of nitrogens with one attached hydrogen (secondary N) is 2. The van der Waals surface area contributed by atoms with Gasteiger partial charge in [0.25, 0.3) is 0 Å². The molecule has 2 aromatic heterocycles. The van der Waals surface area contributed by atoms with Gasteiger partial charge in [0.05, 0.1) is 24.2 Å². The van der Waals surface area contributed by atoms with Crippen molar-refractivity contribution in [2.24, 2.45) is 0 Å². The van der Waals surface area contributed by atoms with Gasteiger partial charge in [-0.15, -0.1) is 0 Å². The van der Waals surface area contributed by atoms with Crippen LogP contribution in [0.3, 0.4) is 0 Å². The summed E-state index contributed by atoms with van der Waals surface area (Å²) in [5, 5.41) is 3.19. The number of imidazole rings is 1. The van der Waals surface area contributed by atoms with E-state index in [1.54, 1.807) is 6.20 Å². The number of nitrogens with zero attached hydrogens (tertiary/aromatic N) is 3. The normalized spacial score (nSPS) is 22.6. The van der Waals surface area contributed by atoms with Gasteiger partial charge in [-0.05, 0) is 6.42 Å². The molecule has 0 saturated carbocycles. The van der Waals surface area contributed by atoms with Gasteiger partial charge >= 0.3 is 0 Å². The summed E-state index contributed by atoms with van der Waals surface area (Å²) in [7, 11) is -2.84. The first kappa shape index (κ1) is 11.5. The molecule has 0 aliphatic carbocycles. The molecule has 8 heteroatoms. The minimum absolute atomic E-state index is 0.0225. The SMILES string of the molecule is O=S1(=O)CCC(NCc2nc3ncncc3[nH]2)C1. The largest absolute Gasteiger partial charge is 0.338 e. The molecule has 3 heterocycles. The molecule has 1 fully saturated rings. The van der Waals surface area contributed by atoms with E-state index in [0.717, 1.165) is 11.3 Å². The summed E-state index contributed by atoms with van der Waals surface area (Å²) in [5.74, 6) is 1.23. The van der Waals surface area contributed by atoms with Crippen LogP contribution >= 0.6 is 0 Å². The van der Waals surface area contributed by atoms with E-state index in [0.29, 0.717) is 18.6 Å². The Labute approximate surface area is 104 Å². The van der Waals surface area contributed by atoms with E-state index < -0.39 is 9.84 Å². The smallest absolute Gasteiger partial charge is 0.180 e. The predicted octanol–water partition coefficient (Wildman–Crippen LogP) is -0.370. The van der Waals surface area contributed by atoms with E-state index >= 15 is 0 Å².